The van der Waals surface area contributed by atoms with Gasteiger partial charge in [0.05, 0.1) is 17.1 Å². The van der Waals surface area contributed by atoms with Crippen molar-refractivity contribution in [1.29, 1.82) is 0 Å². The van der Waals surface area contributed by atoms with Gasteiger partial charge in [-0.3, -0.25) is 0 Å². The molecule has 8 aromatic carbocycles. The number of rotatable bonds is 6. The highest BCUT2D eigenvalue weighted by atomic mass is 32.1. The predicted octanol–water partition coefficient (Wildman–Crippen LogP) is 14.3. The van der Waals surface area contributed by atoms with Gasteiger partial charge in [-0.25, -0.2) is 0 Å². The summed E-state index contributed by atoms with van der Waals surface area (Å²) in [7, 11) is 0. The molecule has 0 N–H and O–H groups in total. The number of thiophene rings is 1. The number of hydrogen-bond acceptors (Lipinski definition) is 3. The van der Waals surface area contributed by atoms with Crippen molar-refractivity contribution in [3.8, 4) is 0 Å². The third-order valence-corrected chi connectivity index (χ3v) is 13.1. The van der Waals surface area contributed by atoms with Crippen LogP contribution < -0.4 is 9.80 Å². The fraction of sp³-hybridized carbons (Fsp3) is 0.0980. The smallest absolute Gasteiger partial charge is 0.0540 e. The number of para-hydroxylation sites is 2. The number of benzene rings is 8. The van der Waals surface area contributed by atoms with Crippen molar-refractivity contribution in [2.75, 3.05) is 9.80 Å². The summed E-state index contributed by atoms with van der Waals surface area (Å²) in [6, 6.07) is 67.5. The predicted molar refractivity (Wildman–Crippen MR) is 230 cm³/mol. The van der Waals surface area contributed by atoms with E-state index in [4.69, 9.17) is 0 Å². The van der Waals surface area contributed by atoms with Gasteiger partial charge in [0.25, 0.3) is 0 Å². The maximum atomic E-state index is 2.54. The minimum absolute atomic E-state index is 0.135. The van der Waals surface area contributed by atoms with Gasteiger partial charge in [-0.1, -0.05) is 121 Å². The molecule has 2 aliphatic carbocycles. The topological polar surface area (TPSA) is 6.48 Å². The van der Waals surface area contributed by atoms with E-state index in [9.17, 15) is 0 Å². The Balaban J connectivity index is 1.15. The van der Waals surface area contributed by atoms with Crippen LogP contribution >= 0.6 is 11.3 Å². The minimum Gasteiger partial charge on any atom is -0.310 e. The van der Waals surface area contributed by atoms with E-state index in [0.29, 0.717) is 0 Å². The Bertz CT molecular complexity index is 2850. The van der Waals surface area contributed by atoms with Gasteiger partial charge in [0.15, 0.2) is 0 Å². The zero-order valence-electron chi connectivity index (χ0n) is 30.0. The molecule has 2 nitrogen and oxygen atoms in total. The quantitative estimate of drug-likeness (QED) is 0.169. The van der Waals surface area contributed by atoms with Crippen LogP contribution in [0.3, 0.4) is 0 Å². The van der Waals surface area contributed by atoms with Crippen molar-refractivity contribution in [2.24, 2.45) is 0 Å². The van der Waals surface area contributed by atoms with Crippen LogP contribution in [0, 0.1) is 0 Å². The summed E-state index contributed by atoms with van der Waals surface area (Å²) < 4.78 is 2.65. The standard InChI is InChI=1S/C51H38N2S/c1-3-18-38(19-4-1)52(40-28-29-43-42-23-9-10-27-47(42)54-48(43)34-40)45-25-12-16-36-30-32-51(49(36)45)33-31-37-17-13-26-46(50(37)51)53(39-20-5-2-6-21-39)44-24-11-15-35-14-7-8-22-41(35)44/h1-29,34H,30-33H2/t51-/m1/s1. The molecule has 0 amide bonds. The second-order valence-corrected chi connectivity index (χ2v) is 15.9. The van der Waals surface area contributed by atoms with Crippen molar-refractivity contribution in [3.05, 3.63) is 204 Å². The van der Waals surface area contributed by atoms with Gasteiger partial charge in [-0.15, -0.1) is 11.3 Å². The second-order valence-electron chi connectivity index (χ2n) is 14.8. The molecule has 0 fully saturated rings. The van der Waals surface area contributed by atoms with Crippen molar-refractivity contribution < 1.29 is 0 Å². The van der Waals surface area contributed by atoms with Gasteiger partial charge in [-0.05, 0) is 114 Å². The summed E-state index contributed by atoms with van der Waals surface area (Å²) in [5.74, 6) is 0. The largest absolute Gasteiger partial charge is 0.310 e. The molecule has 54 heavy (non-hydrogen) atoms. The summed E-state index contributed by atoms with van der Waals surface area (Å²) in [4.78, 5) is 5.08. The zero-order valence-corrected chi connectivity index (χ0v) is 30.8. The fourth-order valence-electron chi connectivity index (χ4n) is 9.76. The van der Waals surface area contributed by atoms with Gasteiger partial charge in [0, 0.05) is 48.0 Å². The second kappa shape index (κ2) is 12.5. The minimum atomic E-state index is -0.135. The Labute approximate surface area is 320 Å². The summed E-state index contributed by atoms with van der Waals surface area (Å²) in [5, 5.41) is 5.17. The molecule has 1 spiro atoms. The maximum Gasteiger partial charge on any atom is 0.0540 e. The molecule has 9 aromatic rings. The highest BCUT2D eigenvalue weighted by Gasteiger charge is 2.49. The van der Waals surface area contributed by atoms with E-state index >= 15 is 0 Å². The van der Waals surface area contributed by atoms with Crippen LogP contribution in [0.25, 0.3) is 30.9 Å². The van der Waals surface area contributed by atoms with E-state index < -0.39 is 0 Å². The molecule has 258 valence electrons. The molecule has 0 saturated heterocycles. The number of aryl methyl sites for hydroxylation is 2. The van der Waals surface area contributed by atoms with E-state index in [1.807, 2.05) is 11.3 Å². The lowest BCUT2D eigenvalue weighted by molar-refractivity contribution is 0.508. The van der Waals surface area contributed by atoms with E-state index in [1.165, 1.54) is 87.3 Å². The number of fused-ring (bicyclic) bond motifs is 8. The molecular formula is C51H38N2S. The van der Waals surface area contributed by atoms with E-state index in [0.717, 1.165) is 25.7 Å². The van der Waals surface area contributed by atoms with E-state index in [1.54, 1.807) is 0 Å². The Hall–Kier alpha value is -6.16. The Morgan fingerprint density at radius 2 is 0.926 bits per heavy atom. The van der Waals surface area contributed by atoms with Crippen LogP contribution in [0.5, 0.6) is 0 Å². The Kier molecular flexibility index (Phi) is 7.25. The van der Waals surface area contributed by atoms with Crippen LogP contribution in [0.1, 0.15) is 35.1 Å². The molecular weight excluding hydrogens is 673 g/mol. The monoisotopic (exact) mass is 710 g/mol. The van der Waals surface area contributed by atoms with Crippen molar-refractivity contribution >= 4 is 76.4 Å². The molecule has 1 heterocycles. The van der Waals surface area contributed by atoms with Crippen LogP contribution in [0.2, 0.25) is 0 Å². The number of nitrogens with zero attached hydrogens (tertiary/aromatic N) is 2. The Morgan fingerprint density at radius 3 is 1.65 bits per heavy atom. The normalized spacial score (nSPS) is 15.9. The lowest BCUT2D eigenvalue weighted by atomic mass is 9.74. The Morgan fingerprint density at radius 1 is 0.389 bits per heavy atom. The first-order valence-electron chi connectivity index (χ1n) is 19.1. The van der Waals surface area contributed by atoms with Crippen LogP contribution in [0.15, 0.2) is 182 Å². The average molecular weight is 711 g/mol. The number of anilines is 6. The molecule has 11 rings (SSSR count). The lowest BCUT2D eigenvalue weighted by Gasteiger charge is -2.37. The summed E-state index contributed by atoms with van der Waals surface area (Å²) in [5.41, 5.74) is 13.1. The van der Waals surface area contributed by atoms with Gasteiger partial charge in [0.2, 0.25) is 0 Å². The molecule has 1 aromatic heterocycles. The third-order valence-electron chi connectivity index (χ3n) is 12.0. The van der Waals surface area contributed by atoms with Crippen LogP contribution in [-0.4, -0.2) is 0 Å². The molecule has 0 saturated carbocycles. The highest BCUT2D eigenvalue weighted by Crippen LogP contribution is 2.60. The van der Waals surface area contributed by atoms with Crippen molar-refractivity contribution in [1.82, 2.24) is 0 Å². The molecule has 2 aliphatic rings. The average Bonchev–Trinajstić information content (AvgIpc) is 3.93. The van der Waals surface area contributed by atoms with E-state index in [2.05, 4.69) is 192 Å². The third kappa shape index (κ3) is 4.78. The van der Waals surface area contributed by atoms with Gasteiger partial charge in [0.1, 0.15) is 0 Å². The fourth-order valence-corrected chi connectivity index (χ4v) is 10.9. The van der Waals surface area contributed by atoms with Crippen LogP contribution in [-0.2, 0) is 18.3 Å². The first-order chi connectivity index (χ1) is 26.8. The maximum absolute atomic E-state index is 2.54. The molecule has 1 atom stereocenters. The SMILES string of the molecule is c1ccc(N(c2ccc3c(c2)sc2ccccc23)c2cccc3c2[C@@]2(CC3)CCc3cccc(N(c4ccccc4)c4cccc5ccccc45)c32)cc1. The zero-order chi connectivity index (χ0) is 35.6. The summed E-state index contributed by atoms with van der Waals surface area (Å²) in [6.45, 7) is 0. The summed E-state index contributed by atoms with van der Waals surface area (Å²) >= 11 is 1.89. The molecule has 0 aliphatic heterocycles. The highest BCUT2D eigenvalue weighted by molar-refractivity contribution is 7.25. The first-order valence-corrected chi connectivity index (χ1v) is 19.9. The van der Waals surface area contributed by atoms with Gasteiger partial charge in [-0.2, -0.15) is 0 Å². The van der Waals surface area contributed by atoms with Crippen molar-refractivity contribution in [3.63, 3.8) is 0 Å². The molecule has 3 heteroatoms. The molecule has 0 unspecified atom stereocenters. The van der Waals surface area contributed by atoms with Crippen LogP contribution in [0.4, 0.5) is 34.1 Å². The van der Waals surface area contributed by atoms with E-state index in [-0.39, 0.29) is 5.41 Å². The number of hydrogen-bond donors (Lipinski definition) is 0. The summed E-state index contributed by atoms with van der Waals surface area (Å²) in [6.07, 6.45) is 4.32. The first kappa shape index (κ1) is 31.4. The van der Waals surface area contributed by atoms with Crippen molar-refractivity contribution in [2.45, 2.75) is 31.1 Å². The lowest BCUT2D eigenvalue weighted by Crippen LogP contribution is -2.27. The van der Waals surface area contributed by atoms with Gasteiger partial charge < -0.3 is 9.80 Å². The van der Waals surface area contributed by atoms with Gasteiger partial charge >= 0.3 is 0 Å². The molecule has 0 bridgehead atoms. The molecule has 0 radical (unpaired) electrons.